The Morgan fingerprint density at radius 2 is 1.47 bits per heavy atom. The lowest BCUT2D eigenvalue weighted by atomic mass is 9.78. The van der Waals surface area contributed by atoms with E-state index in [1.54, 1.807) is 29.2 Å². The molecule has 3 aromatic rings. The van der Waals surface area contributed by atoms with Crippen LogP contribution in [0.15, 0.2) is 72.8 Å². The van der Waals surface area contributed by atoms with E-state index in [-0.39, 0.29) is 35.1 Å². The quantitative estimate of drug-likeness (QED) is 0.413. The van der Waals surface area contributed by atoms with Gasteiger partial charge in [-0.05, 0) is 93.3 Å². The van der Waals surface area contributed by atoms with Gasteiger partial charge in [0.2, 0.25) is 5.91 Å². The molecule has 0 radical (unpaired) electrons. The van der Waals surface area contributed by atoms with Gasteiger partial charge in [-0.3, -0.25) is 4.79 Å². The molecule has 0 bridgehead atoms. The first-order chi connectivity index (χ1) is 16.1. The van der Waals surface area contributed by atoms with E-state index in [4.69, 9.17) is 4.74 Å². The average Bonchev–Trinajstić information content (AvgIpc) is 2.79. The molecule has 34 heavy (non-hydrogen) atoms. The van der Waals surface area contributed by atoms with E-state index in [0.717, 1.165) is 11.3 Å². The fourth-order valence-electron chi connectivity index (χ4n) is 4.38. The fourth-order valence-corrected chi connectivity index (χ4v) is 4.38. The standard InChI is InChI=1S/C28H29F2NO3/c1-28(2,3)34-23-14-6-19(7-15-23)26-24(16-17-25(32)18-4-8-20(29)9-5-18)27(33)31(26)22-12-10-21(30)11-13-22/h4-15,24-26,32H,16-17H2,1-3H3/t24-,25+,26-/m1/s1. The van der Waals surface area contributed by atoms with Crippen molar-refractivity contribution in [1.29, 1.82) is 0 Å². The van der Waals surface area contributed by atoms with Gasteiger partial charge in [-0.25, -0.2) is 8.78 Å². The minimum absolute atomic E-state index is 0.0714. The molecule has 1 heterocycles. The maximum Gasteiger partial charge on any atom is 0.233 e. The van der Waals surface area contributed by atoms with E-state index >= 15 is 0 Å². The molecule has 0 aliphatic carbocycles. The van der Waals surface area contributed by atoms with E-state index < -0.39 is 6.10 Å². The van der Waals surface area contributed by atoms with Crippen LogP contribution in [0, 0.1) is 17.6 Å². The first-order valence-corrected chi connectivity index (χ1v) is 11.4. The van der Waals surface area contributed by atoms with Gasteiger partial charge in [0.1, 0.15) is 23.0 Å². The highest BCUT2D eigenvalue weighted by Gasteiger charge is 2.48. The largest absolute Gasteiger partial charge is 0.488 e. The third kappa shape index (κ3) is 5.28. The second kappa shape index (κ2) is 9.55. The van der Waals surface area contributed by atoms with Gasteiger partial charge in [0.25, 0.3) is 0 Å². The summed E-state index contributed by atoms with van der Waals surface area (Å²) >= 11 is 0. The lowest BCUT2D eigenvalue weighted by Crippen LogP contribution is -2.55. The normalized spacial score (nSPS) is 19.0. The molecular formula is C28H29F2NO3. The summed E-state index contributed by atoms with van der Waals surface area (Å²) in [5.41, 5.74) is 1.85. The Morgan fingerprint density at radius 3 is 2.03 bits per heavy atom. The van der Waals surface area contributed by atoms with E-state index in [1.807, 2.05) is 45.0 Å². The van der Waals surface area contributed by atoms with Crippen LogP contribution in [0.25, 0.3) is 0 Å². The number of aliphatic hydroxyl groups excluding tert-OH is 1. The summed E-state index contributed by atoms with van der Waals surface area (Å²) in [5.74, 6) is -0.402. The van der Waals surface area contributed by atoms with Crippen LogP contribution < -0.4 is 9.64 Å². The van der Waals surface area contributed by atoms with Crippen LogP contribution in [0.2, 0.25) is 0 Å². The van der Waals surface area contributed by atoms with Gasteiger partial charge in [0, 0.05) is 5.69 Å². The maximum atomic E-state index is 13.5. The summed E-state index contributed by atoms with van der Waals surface area (Å²) < 4.78 is 32.6. The number of β-lactam (4-membered cyclic amide) rings is 1. The molecule has 0 aromatic heterocycles. The number of ether oxygens (including phenoxy) is 1. The minimum atomic E-state index is -0.795. The molecule has 0 unspecified atom stereocenters. The zero-order valence-electron chi connectivity index (χ0n) is 19.5. The second-order valence-electron chi connectivity index (χ2n) is 9.66. The van der Waals surface area contributed by atoms with Crippen LogP contribution in [-0.4, -0.2) is 16.6 Å². The van der Waals surface area contributed by atoms with Crippen LogP contribution in [0.4, 0.5) is 14.5 Å². The molecule has 0 saturated carbocycles. The molecule has 4 nitrogen and oxygen atoms in total. The van der Waals surface area contributed by atoms with Crippen LogP contribution >= 0.6 is 0 Å². The number of benzene rings is 3. The second-order valence-corrected chi connectivity index (χ2v) is 9.66. The van der Waals surface area contributed by atoms with Crippen molar-refractivity contribution in [3.05, 3.63) is 95.6 Å². The number of carbonyl (C=O) groups excluding carboxylic acids is 1. The Kier molecular flexibility index (Phi) is 6.71. The molecule has 178 valence electrons. The monoisotopic (exact) mass is 465 g/mol. The van der Waals surface area contributed by atoms with Crippen molar-refractivity contribution in [1.82, 2.24) is 0 Å². The number of anilines is 1. The smallest absolute Gasteiger partial charge is 0.233 e. The number of rotatable bonds is 7. The van der Waals surface area contributed by atoms with Gasteiger partial charge in [-0.15, -0.1) is 0 Å². The third-order valence-electron chi connectivity index (χ3n) is 5.97. The van der Waals surface area contributed by atoms with Gasteiger partial charge in [0.15, 0.2) is 0 Å². The number of halogens is 2. The lowest BCUT2D eigenvalue weighted by molar-refractivity contribution is -0.131. The van der Waals surface area contributed by atoms with E-state index in [9.17, 15) is 18.7 Å². The number of amides is 1. The molecule has 1 N–H and O–H groups in total. The highest BCUT2D eigenvalue weighted by Crippen LogP contribution is 2.46. The predicted octanol–water partition coefficient (Wildman–Crippen LogP) is 6.36. The molecule has 1 aliphatic rings. The molecule has 6 heteroatoms. The average molecular weight is 466 g/mol. The van der Waals surface area contributed by atoms with Crippen molar-refractivity contribution in [3.8, 4) is 5.75 Å². The summed E-state index contributed by atoms with van der Waals surface area (Å²) in [5, 5.41) is 10.6. The molecule has 4 rings (SSSR count). The molecule has 1 saturated heterocycles. The van der Waals surface area contributed by atoms with Crippen LogP contribution in [0.3, 0.4) is 0 Å². The van der Waals surface area contributed by atoms with Crippen molar-refractivity contribution < 1.29 is 23.4 Å². The topological polar surface area (TPSA) is 49.8 Å². The van der Waals surface area contributed by atoms with E-state index in [2.05, 4.69) is 0 Å². The number of hydrogen-bond acceptors (Lipinski definition) is 3. The molecule has 3 aromatic carbocycles. The number of carbonyl (C=O) groups is 1. The van der Waals surface area contributed by atoms with Crippen molar-refractivity contribution in [2.24, 2.45) is 5.92 Å². The van der Waals surface area contributed by atoms with Gasteiger partial charge >= 0.3 is 0 Å². The molecule has 1 amide bonds. The maximum absolute atomic E-state index is 13.5. The summed E-state index contributed by atoms with van der Waals surface area (Å²) in [6.45, 7) is 5.93. The zero-order valence-corrected chi connectivity index (χ0v) is 19.5. The van der Waals surface area contributed by atoms with Gasteiger partial charge in [-0.2, -0.15) is 0 Å². The molecule has 0 spiro atoms. The highest BCUT2D eigenvalue weighted by molar-refractivity contribution is 6.03. The Labute approximate surface area is 198 Å². The van der Waals surface area contributed by atoms with Crippen molar-refractivity contribution in [2.45, 2.75) is 51.4 Å². The third-order valence-corrected chi connectivity index (χ3v) is 5.97. The van der Waals surface area contributed by atoms with Crippen LogP contribution in [-0.2, 0) is 4.79 Å². The first-order valence-electron chi connectivity index (χ1n) is 11.4. The zero-order chi connectivity index (χ0) is 24.5. The number of nitrogens with zero attached hydrogens (tertiary/aromatic N) is 1. The van der Waals surface area contributed by atoms with Gasteiger partial charge in [0.05, 0.1) is 18.1 Å². The lowest BCUT2D eigenvalue weighted by Gasteiger charge is -2.48. The molecule has 1 aliphatic heterocycles. The molecule has 3 atom stereocenters. The summed E-state index contributed by atoms with van der Waals surface area (Å²) in [4.78, 5) is 14.8. The Hall–Kier alpha value is -3.25. The number of hydrogen-bond donors (Lipinski definition) is 1. The van der Waals surface area contributed by atoms with Gasteiger partial charge < -0.3 is 14.7 Å². The minimum Gasteiger partial charge on any atom is -0.488 e. The van der Waals surface area contributed by atoms with Crippen LogP contribution in [0.5, 0.6) is 5.75 Å². The van der Waals surface area contributed by atoms with E-state index in [1.165, 1.54) is 24.3 Å². The molecular weight excluding hydrogens is 436 g/mol. The van der Waals surface area contributed by atoms with Crippen LogP contribution in [0.1, 0.15) is 56.9 Å². The summed E-state index contributed by atoms with van der Waals surface area (Å²) in [7, 11) is 0. The Bertz CT molecular complexity index is 1120. The Balaban J connectivity index is 1.55. The summed E-state index contributed by atoms with van der Waals surface area (Å²) in [6.07, 6.45) is 0.0255. The van der Waals surface area contributed by atoms with Crippen molar-refractivity contribution in [2.75, 3.05) is 4.90 Å². The number of aliphatic hydroxyl groups is 1. The van der Waals surface area contributed by atoms with Crippen molar-refractivity contribution >= 4 is 11.6 Å². The van der Waals surface area contributed by atoms with Gasteiger partial charge in [-0.1, -0.05) is 24.3 Å². The first kappa shape index (κ1) is 23.9. The summed E-state index contributed by atoms with van der Waals surface area (Å²) in [6, 6.07) is 19.0. The highest BCUT2D eigenvalue weighted by atomic mass is 19.1. The van der Waals surface area contributed by atoms with Crippen molar-refractivity contribution in [3.63, 3.8) is 0 Å². The predicted molar refractivity (Wildman–Crippen MR) is 128 cm³/mol. The molecule has 1 fully saturated rings. The SMILES string of the molecule is CC(C)(C)Oc1ccc([C@@H]2[C@@H](CC[C@H](O)c3ccc(F)cc3)C(=O)N2c2ccc(F)cc2)cc1. The van der Waals surface area contributed by atoms with E-state index in [0.29, 0.717) is 24.1 Å². The fraction of sp³-hybridized carbons (Fsp3) is 0.321. The Morgan fingerprint density at radius 1 is 0.912 bits per heavy atom.